The Balaban J connectivity index is 2.42. The molecule has 2 rings (SSSR count). The number of carboxylic acid groups (broad SMARTS) is 1. The molecule has 0 fully saturated rings. The zero-order valence-corrected chi connectivity index (χ0v) is 12.0. The van der Waals surface area contributed by atoms with Gasteiger partial charge in [-0.3, -0.25) is 4.79 Å². The molecule has 2 aromatic rings. The van der Waals surface area contributed by atoms with Gasteiger partial charge < -0.3 is 9.67 Å². The first-order valence-corrected chi connectivity index (χ1v) is 7.42. The van der Waals surface area contributed by atoms with E-state index in [0.717, 1.165) is 35.6 Å². The fraction of sp³-hybridized carbons (Fsp3) is 0.429. The van der Waals surface area contributed by atoms with Crippen molar-refractivity contribution in [3.63, 3.8) is 0 Å². The summed E-state index contributed by atoms with van der Waals surface area (Å²) >= 11 is 1.29. The highest BCUT2D eigenvalue weighted by Gasteiger charge is 2.13. The van der Waals surface area contributed by atoms with Crippen molar-refractivity contribution in [2.24, 2.45) is 0 Å². The minimum Gasteiger partial charge on any atom is -0.481 e. The molecule has 1 aromatic heterocycles. The molecule has 0 aliphatic heterocycles. The maximum Gasteiger partial charge on any atom is 0.313 e. The quantitative estimate of drug-likeness (QED) is 0.824. The van der Waals surface area contributed by atoms with Gasteiger partial charge in [-0.2, -0.15) is 0 Å². The van der Waals surface area contributed by atoms with E-state index in [2.05, 4.69) is 29.5 Å². The van der Waals surface area contributed by atoms with Gasteiger partial charge in [-0.25, -0.2) is 4.98 Å². The number of rotatable bonds is 6. The molecule has 0 unspecified atom stereocenters. The van der Waals surface area contributed by atoms with E-state index in [-0.39, 0.29) is 5.75 Å². The van der Waals surface area contributed by atoms with Crippen LogP contribution in [0.4, 0.5) is 0 Å². The summed E-state index contributed by atoms with van der Waals surface area (Å²) in [5.74, 6) is -0.759. The molecule has 5 heteroatoms. The van der Waals surface area contributed by atoms with Crippen LogP contribution in [0.3, 0.4) is 0 Å². The first-order chi connectivity index (χ1) is 9.13. The number of aliphatic carboxylic acids is 1. The van der Waals surface area contributed by atoms with Crippen LogP contribution in [-0.2, 0) is 11.3 Å². The number of benzene rings is 1. The number of hydrogen-bond acceptors (Lipinski definition) is 3. The van der Waals surface area contributed by atoms with Gasteiger partial charge in [0, 0.05) is 6.54 Å². The second-order valence-corrected chi connectivity index (χ2v) is 5.47. The van der Waals surface area contributed by atoms with Crippen LogP contribution in [0.15, 0.2) is 23.4 Å². The number of carboxylic acids is 1. The lowest BCUT2D eigenvalue weighted by Crippen LogP contribution is -2.04. The molecular weight excluding hydrogens is 260 g/mol. The highest BCUT2D eigenvalue weighted by molar-refractivity contribution is 7.99. The van der Waals surface area contributed by atoms with E-state index in [4.69, 9.17) is 5.11 Å². The summed E-state index contributed by atoms with van der Waals surface area (Å²) < 4.78 is 2.15. The van der Waals surface area contributed by atoms with Crippen molar-refractivity contribution >= 4 is 28.8 Å². The zero-order valence-electron chi connectivity index (χ0n) is 11.2. The van der Waals surface area contributed by atoms with Gasteiger partial charge in [-0.15, -0.1) is 0 Å². The smallest absolute Gasteiger partial charge is 0.313 e. The van der Waals surface area contributed by atoms with E-state index in [1.165, 1.54) is 17.3 Å². The molecule has 0 aliphatic carbocycles. The molecule has 4 nitrogen and oxygen atoms in total. The summed E-state index contributed by atoms with van der Waals surface area (Å²) in [6.07, 6.45) is 2.18. The second-order valence-electron chi connectivity index (χ2n) is 4.52. The first-order valence-electron chi connectivity index (χ1n) is 6.44. The van der Waals surface area contributed by atoms with Crippen LogP contribution in [0.5, 0.6) is 0 Å². The molecular formula is C14H18N2O2S. The fourth-order valence-electron chi connectivity index (χ4n) is 2.10. The van der Waals surface area contributed by atoms with E-state index < -0.39 is 5.97 Å². The Labute approximate surface area is 116 Å². The molecule has 1 heterocycles. The SMILES string of the molecule is CCCCn1c(SCC(=O)O)nc2cccc(C)c21. The number of nitrogens with zero attached hydrogens (tertiary/aromatic N) is 2. The number of aryl methyl sites for hydroxylation is 2. The average Bonchev–Trinajstić information content (AvgIpc) is 2.73. The van der Waals surface area contributed by atoms with Crippen molar-refractivity contribution < 1.29 is 9.90 Å². The van der Waals surface area contributed by atoms with Crippen molar-refractivity contribution in [3.05, 3.63) is 23.8 Å². The van der Waals surface area contributed by atoms with E-state index in [1.807, 2.05) is 12.1 Å². The van der Waals surface area contributed by atoms with E-state index in [0.29, 0.717) is 0 Å². The van der Waals surface area contributed by atoms with Gasteiger partial charge in [-0.1, -0.05) is 37.2 Å². The Kier molecular flexibility index (Phi) is 4.47. The Morgan fingerprint density at radius 3 is 2.95 bits per heavy atom. The zero-order chi connectivity index (χ0) is 13.8. The maximum absolute atomic E-state index is 10.7. The number of carbonyl (C=O) groups is 1. The summed E-state index contributed by atoms with van der Waals surface area (Å²) in [6.45, 7) is 5.11. The van der Waals surface area contributed by atoms with Crippen LogP contribution in [0.25, 0.3) is 11.0 Å². The lowest BCUT2D eigenvalue weighted by Gasteiger charge is -2.08. The predicted octanol–water partition coefficient (Wildman–Crippen LogP) is 3.32. The Morgan fingerprint density at radius 2 is 2.26 bits per heavy atom. The van der Waals surface area contributed by atoms with Crippen molar-refractivity contribution in [2.75, 3.05) is 5.75 Å². The van der Waals surface area contributed by atoms with Gasteiger partial charge >= 0.3 is 5.97 Å². The minimum absolute atomic E-state index is 0.0501. The topological polar surface area (TPSA) is 55.1 Å². The third-order valence-corrected chi connectivity index (χ3v) is 3.95. The molecule has 0 bridgehead atoms. The monoisotopic (exact) mass is 278 g/mol. The number of hydrogen-bond donors (Lipinski definition) is 1. The van der Waals surface area contributed by atoms with Crippen molar-refractivity contribution in [1.82, 2.24) is 9.55 Å². The van der Waals surface area contributed by atoms with Crippen LogP contribution < -0.4 is 0 Å². The molecule has 1 N–H and O–H groups in total. The van der Waals surface area contributed by atoms with Crippen molar-refractivity contribution in [3.8, 4) is 0 Å². The number of para-hydroxylation sites is 1. The number of imidazole rings is 1. The second kappa shape index (κ2) is 6.10. The molecule has 0 saturated carbocycles. The van der Waals surface area contributed by atoms with Crippen LogP contribution in [0.2, 0.25) is 0 Å². The van der Waals surface area contributed by atoms with E-state index in [1.54, 1.807) is 0 Å². The average molecular weight is 278 g/mol. The number of aromatic nitrogens is 2. The van der Waals surface area contributed by atoms with Crippen molar-refractivity contribution in [2.45, 2.75) is 38.4 Å². The predicted molar refractivity (Wildman–Crippen MR) is 77.7 cm³/mol. The minimum atomic E-state index is -0.809. The lowest BCUT2D eigenvalue weighted by atomic mass is 10.2. The summed E-state index contributed by atoms with van der Waals surface area (Å²) in [5.41, 5.74) is 3.26. The van der Waals surface area contributed by atoms with Crippen LogP contribution >= 0.6 is 11.8 Å². The molecule has 0 saturated heterocycles. The summed E-state index contributed by atoms with van der Waals surface area (Å²) in [6, 6.07) is 6.04. The third kappa shape index (κ3) is 3.10. The molecule has 19 heavy (non-hydrogen) atoms. The summed E-state index contributed by atoms with van der Waals surface area (Å²) in [7, 11) is 0. The van der Waals surface area contributed by atoms with E-state index in [9.17, 15) is 4.79 Å². The van der Waals surface area contributed by atoms with Gasteiger partial charge in [0.1, 0.15) is 0 Å². The Bertz CT molecular complexity index is 592. The van der Waals surface area contributed by atoms with Gasteiger partial charge in [0.15, 0.2) is 5.16 Å². The van der Waals surface area contributed by atoms with Crippen LogP contribution in [0.1, 0.15) is 25.3 Å². The number of fused-ring (bicyclic) bond motifs is 1. The third-order valence-electron chi connectivity index (χ3n) is 2.99. The van der Waals surface area contributed by atoms with Gasteiger partial charge in [0.2, 0.25) is 0 Å². The van der Waals surface area contributed by atoms with Gasteiger partial charge in [0.05, 0.1) is 16.8 Å². The van der Waals surface area contributed by atoms with Gasteiger partial charge in [-0.05, 0) is 25.0 Å². The van der Waals surface area contributed by atoms with Crippen LogP contribution in [-0.4, -0.2) is 26.4 Å². The molecule has 0 amide bonds. The summed E-state index contributed by atoms with van der Waals surface area (Å²) in [5, 5.41) is 9.62. The number of unbranched alkanes of at least 4 members (excludes halogenated alkanes) is 1. The molecule has 1 aromatic carbocycles. The Hall–Kier alpha value is -1.49. The normalized spacial score (nSPS) is 11.1. The lowest BCUT2D eigenvalue weighted by molar-refractivity contribution is -0.133. The van der Waals surface area contributed by atoms with Gasteiger partial charge in [0.25, 0.3) is 0 Å². The maximum atomic E-state index is 10.7. The van der Waals surface area contributed by atoms with E-state index >= 15 is 0 Å². The highest BCUT2D eigenvalue weighted by atomic mass is 32.2. The molecule has 0 aliphatic rings. The molecule has 0 atom stereocenters. The largest absolute Gasteiger partial charge is 0.481 e. The molecule has 102 valence electrons. The standard InChI is InChI=1S/C14H18N2O2S/c1-3-4-8-16-13-10(2)6-5-7-11(13)15-14(16)19-9-12(17)18/h5-7H,3-4,8-9H2,1-2H3,(H,17,18). The summed E-state index contributed by atoms with van der Waals surface area (Å²) in [4.78, 5) is 15.3. The Morgan fingerprint density at radius 1 is 1.47 bits per heavy atom. The highest BCUT2D eigenvalue weighted by Crippen LogP contribution is 2.26. The first kappa shape index (κ1) is 13.9. The van der Waals surface area contributed by atoms with Crippen molar-refractivity contribution in [1.29, 1.82) is 0 Å². The molecule has 0 radical (unpaired) electrons. The van der Waals surface area contributed by atoms with Crippen LogP contribution in [0, 0.1) is 6.92 Å². The molecule has 0 spiro atoms. The fourth-order valence-corrected chi connectivity index (χ4v) is 2.86. The number of thioether (sulfide) groups is 1.